The molecule has 0 atom stereocenters. The molecule has 0 aromatic rings. The van der Waals surface area contributed by atoms with Crippen molar-refractivity contribution in [3.63, 3.8) is 0 Å². The highest BCUT2D eigenvalue weighted by Crippen LogP contribution is 2.45. The molecule has 22 heavy (non-hydrogen) atoms. The molecular formula is C18H35ClN2O. The number of piperidine rings is 1. The first-order valence-corrected chi connectivity index (χ1v) is 8.76. The smallest absolute Gasteiger partial charge is 0.220 e. The van der Waals surface area contributed by atoms with Crippen LogP contribution in [0, 0.1) is 16.7 Å². The Hall–Kier alpha value is -0.280. The highest BCUT2D eigenvalue weighted by Gasteiger charge is 2.38. The normalized spacial score (nSPS) is 25.3. The summed E-state index contributed by atoms with van der Waals surface area (Å²) in [5.74, 6) is 1.02. The van der Waals surface area contributed by atoms with Crippen molar-refractivity contribution >= 4 is 18.3 Å². The number of carbonyl (C=O) groups excluding carboxylic acids is 1. The molecule has 0 radical (unpaired) electrons. The molecule has 4 heteroatoms. The summed E-state index contributed by atoms with van der Waals surface area (Å²) >= 11 is 0. The third-order valence-corrected chi connectivity index (χ3v) is 5.16. The lowest BCUT2D eigenvalue weighted by Gasteiger charge is -2.45. The molecule has 0 bridgehead atoms. The van der Waals surface area contributed by atoms with Crippen LogP contribution in [-0.4, -0.2) is 25.0 Å². The summed E-state index contributed by atoms with van der Waals surface area (Å²) in [6.07, 6.45) is 7.73. The van der Waals surface area contributed by atoms with Crippen LogP contribution in [0.2, 0.25) is 0 Å². The van der Waals surface area contributed by atoms with Gasteiger partial charge in [0, 0.05) is 12.5 Å². The molecule has 2 fully saturated rings. The van der Waals surface area contributed by atoms with Gasteiger partial charge >= 0.3 is 0 Å². The molecule has 1 aliphatic carbocycles. The van der Waals surface area contributed by atoms with E-state index in [-0.39, 0.29) is 18.3 Å². The van der Waals surface area contributed by atoms with Crippen molar-refractivity contribution in [2.75, 3.05) is 13.1 Å². The maximum atomic E-state index is 12.2. The summed E-state index contributed by atoms with van der Waals surface area (Å²) in [6.45, 7) is 11.6. The summed E-state index contributed by atoms with van der Waals surface area (Å²) in [5, 5.41) is 6.70. The topological polar surface area (TPSA) is 41.1 Å². The van der Waals surface area contributed by atoms with Crippen LogP contribution in [0.1, 0.15) is 72.6 Å². The van der Waals surface area contributed by atoms with Gasteiger partial charge in [0.25, 0.3) is 0 Å². The molecule has 1 heterocycles. The molecule has 1 saturated carbocycles. The zero-order valence-electron chi connectivity index (χ0n) is 14.8. The SMILES string of the molecule is CC1(C)CC(NC(=O)CCC2CCNCC2)CC(C)(C)C1.Cl. The van der Waals surface area contributed by atoms with E-state index in [2.05, 4.69) is 38.3 Å². The van der Waals surface area contributed by atoms with E-state index in [1.165, 1.54) is 19.3 Å². The van der Waals surface area contributed by atoms with Gasteiger partial charge in [0.2, 0.25) is 5.91 Å². The van der Waals surface area contributed by atoms with Crippen LogP contribution < -0.4 is 10.6 Å². The van der Waals surface area contributed by atoms with Crippen molar-refractivity contribution in [2.45, 2.75) is 78.7 Å². The maximum Gasteiger partial charge on any atom is 0.220 e. The molecule has 1 saturated heterocycles. The molecule has 1 aliphatic heterocycles. The first kappa shape index (κ1) is 19.8. The predicted octanol–water partition coefficient (Wildman–Crippen LogP) is 3.91. The van der Waals surface area contributed by atoms with Crippen LogP contribution in [0.5, 0.6) is 0 Å². The zero-order valence-corrected chi connectivity index (χ0v) is 15.7. The summed E-state index contributed by atoms with van der Waals surface area (Å²) in [6, 6.07) is 0.365. The first-order valence-electron chi connectivity index (χ1n) is 8.76. The van der Waals surface area contributed by atoms with Gasteiger partial charge in [0.15, 0.2) is 0 Å². The molecule has 130 valence electrons. The van der Waals surface area contributed by atoms with Gasteiger partial charge < -0.3 is 10.6 Å². The average molecular weight is 331 g/mol. The lowest BCUT2D eigenvalue weighted by Crippen LogP contribution is -2.46. The average Bonchev–Trinajstić information content (AvgIpc) is 2.33. The second-order valence-corrected chi connectivity index (χ2v) is 8.91. The fourth-order valence-electron chi connectivity index (χ4n) is 4.75. The van der Waals surface area contributed by atoms with E-state index in [1.54, 1.807) is 0 Å². The molecule has 0 unspecified atom stereocenters. The van der Waals surface area contributed by atoms with Gasteiger partial charge in [0.05, 0.1) is 0 Å². The van der Waals surface area contributed by atoms with Crippen molar-refractivity contribution in [2.24, 2.45) is 16.7 Å². The van der Waals surface area contributed by atoms with Crippen LogP contribution in [0.25, 0.3) is 0 Å². The Morgan fingerprint density at radius 2 is 1.64 bits per heavy atom. The van der Waals surface area contributed by atoms with Crippen molar-refractivity contribution in [3.05, 3.63) is 0 Å². The van der Waals surface area contributed by atoms with Gasteiger partial charge in [-0.3, -0.25) is 4.79 Å². The van der Waals surface area contributed by atoms with Crippen LogP contribution >= 0.6 is 12.4 Å². The molecule has 2 rings (SSSR count). The minimum Gasteiger partial charge on any atom is -0.353 e. The third kappa shape index (κ3) is 6.45. The summed E-state index contributed by atoms with van der Waals surface area (Å²) in [4.78, 5) is 12.2. The van der Waals surface area contributed by atoms with E-state index in [0.29, 0.717) is 23.3 Å². The molecular weight excluding hydrogens is 296 g/mol. The number of halogens is 1. The highest BCUT2D eigenvalue weighted by molar-refractivity contribution is 5.85. The number of hydrogen-bond donors (Lipinski definition) is 2. The van der Waals surface area contributed by atoms with Gasteiger partial charge in [-0.05, 0) is 68.4 Å². The summed E-state index contributed by atoms with van der Waals surface area (Å²) in [5.41, 5.74) is 0.684. The van der Waals surface area contributed by atoms with Crippen LogP contribution in [0.15, 0.2) is 0 Å². The lowest BCUT2D eigenvalue weighted by molar-refractivity contribution is -0.123. The van der Waals surface area contributed by atoms with Crippen LogP contribution in [0.3, 0.4) is 0 Å². The van der Waals surface area contributed by atoms with Crippen molar-refractivity contribution in [1.82, 2.24) is 10.6 Å². The monoisotopic (exact) mass is 330 g/mol. The molecule has 0 aromatic heterocycles. The number of nitrogens with one attached hydrogen (secondary N) is 2. The Balaban J connectivity index is 0.00000242. The molecule has 3 nitrogen and oxygen atoms in total. The van der Waals surface area contributed by atoms with E-state index in [4.69, 9.17) is 0 Å². The van der Waals surface area contributed by atoms with Crippen LogP contribution in [0.4, 0.5) is 0 Å². The number of carbonyl (C=O) groups is 1. The number of amides is 1. The van der Waals surface area contributed by atoms with Gasteiger partial charge in [0.1, 0.15) is 0 Å². The maximum absolute atomic E-state index is 12.2. The molecule has 2 N–H and O–H groups in total. The lowest BCUT2D eigenvalue weighted by atomic mass is 9.63. The van der Waals surface area contributed by atoms with E-state index in [1.807, 2.05) is 0 Å². The van der Waals surface area contributed by atoms with E-state index in [9.17, 15) is 4.79 Å². The van der Waals surface area contributed by atoms with Crippen molar-refractivity contribution in [3.8, 4) is 0 Å². The third-order valence-electron chi connectivity index (χ3n) is 5.16. The second kappa shape index (κ2) is 8.01. The zero-order chi connectivity index (χ0) is 15.5. The largest absolute Gasteiger partial charge is 0.353 e. The Bertz CT molecular complexity index is 346. The van der Waals surface area contributed by atoms with E-state index in [0.717, 1.165) is 38.3 Å². The first-order chi connectivity index (χ1) is 9.76. The Kier molecular flexibility index (Phi) is 7.20. The van der Waals surface area contributed by atoms with Crippen molar-refractivity contribution < 1.29 is 4.79 Å². The fraction of sp³-hybridized carbons (Fsp3) is 0.944. The van der Waals surface area contributed by atoms with Gasteiger partial charge in [-0.1, -0.05) is 27.7 Å². The minimum absolute atomic E-state index is 0. The second-order valence-electron chi connectivity index (χ2n) is 8.91. The molecule has 1 amide bonds. The standard InChI is InChI=1S/C18H34N2O.ClH/c1-17(2)11-15(12-18(3,4)13-17)20-16(21)6-5-14-7-9-19-10-8-14;/h14-15,19H,5-13H2,1-4H3,(H,20,21);1H. The number of hydrogen-bond acceptors (Lipinski definition) is 2. The molecule has 0 aromatic carbocycles. The highest BCUT2D eigenvalue weighted by atomic mass is 35.5. The Morgan fingerprint density at radius 1 is 1.09 bits per heavy atom. The van der Waals surface area contributed by atoms with E-state index < -0.39 is 0 Å². The van der Waals surface area contributed by atoms with Gasteiger partial charge in [-0.25, -0.2) is 0 Å². The van der Waals surface area contributed by atoms with Crippen molar-refractivity contribution in [1.29, 1.82) is 0 Å². The Morgan fingerprint density at radius 3 is 2.18 bits per heavy atom. The predicted molar refractivity (Wildman–Crippen MR) is 95.4 cm³/mol. The summed E-state index contributed by atoms with van der Waals surface area (Å²) in [7, 11) is 0. The van der Waals surface area contributed by atoms with Gasteiger partial charge in [-0.15, -0.1) is 12.4 Å². The van der Waals surface area contributed by atoms with Gasteiger partial charge in [-0.2, -0.15) is 0 Å². The Labute approximate surface area is 142 Å². The molecule has 2 aliphatic rings. The summed E-state index contributed by atoms with van der Waals surface area (Å²) < 4.78 is 0. The quantitative estimate of drug-likeness (QED) is 0.820. The molecule has 0 spiro atoms. The fourth-order valence-corrected chi connectivity index (χ4v) is 4.75. The van der Waals surface area contributed by atoms with Crippen LogP contribution in [-0.2, 0) is 4.79 Å². The minimum atomic E-state index is 0. The number of rotatable bonds is 4. The van der Waals surface area contributed by atoms with E-state index >= 15 is 0 Å².